The van der Waals surface area contributed by atoms with Gasteiger partial charge in [-0.3, -0.25) is 4.18 Å². The molecule has 1 rings (SSSR count). The van der Waals surface area contributed by atoms with Crippen LogP contribution in [0, 0.1) is 5.41 Å². The standard InChI is InChI=1S/C9H18O4S/c1-3-4-9(7-12-8-9)5-6-13-14(2,10)11/h3-8H2,1-2H3. The molecular formula is C9H18O4S. The van der Waals surface area contributed by atoms with Crippen LogP contribution in [0.25, 0.3) is 0 Å². The first-order valence-corrected chi connectivity index (χ1v) is 6.71. The number of hydrogen-bond acceptors (Lipinski definition) is 4. The van der Waals surface area contributed by atoms with E-state index in [1.165, 1.54) is 0 Å². The maximum atomic E-state index is 10.7. The molecule has 5 heteroatoms. The molecule has 1 aliphatic heterocycles. The van der Waals surface area contributed by atoms with E-state index in [0.29, 0.717) is 0 Å². The van der Waals surface area contributed by atoms with Crippen molar-refractivity contribution in [1.82, 2.24) is 0 Å². The van der Waals surface area contributed by atoms with E-state index in [4.69, 9.17) is 8.92 Å². The van der Waals surface area contributed by atoms with Gasteiger partial charge in [-0.2, -0.15) is 8.42 Å². The molecule has 0 aromatic heterocycles. The Morgan fingerprint density at radius 1 is 1.36 bits per heavy atom. The third-order valence-electron chi connectivity index (χ3n) is 2.53. The maximum absolute atomic E-state index is 10.7. The Bertz CT molecular complexity index is 267. The Balaban J connectivity index is 2.28. The summed E-state index contributed by atoms with van der Waals surface area (Å²) < 4.78 is 31.3. The van der Waals surface area contributed by atoms with Crippen LogP contribution in [-0.4, -0.2) is 34.5 Å². The first-order chi connectivity index (χ1) is 6.47. The molecule has 84 valence electrons. The quantitative estimate of drug-likeness (QED) is 0.633. The van der Waals surface area contributed by atoms with Crippen molar-refractivity contribution in [3.05, 3.63) is 0 Å². The van der Waals surface area contributed by atoms with Crippen LogP contribution in [0.2, 0.25) is 0 Å². The average molecular weight is 222 g/mol. The summed E-state index contributed by atoms with van der Waals surface area (Å²) in [6.45, 7) is 3.89. The van der Waals surface area contributed by atoms with E-state index in [1.54, 1.807) is 0 Å². The second kappa shape index (κ2) is 4.59. The number of ether oxygens (including phenoxy) is 1. The third kappa shape index (κ3) is 3.55. The predicted octanol–water partition coefficient (Wildman–Crippen LogP) is 1.17. The van der Waals surface area contributed by atoms with E-state index in [-0.39, 0.29) is 12.0 Å². The lowest BCUT2D eigenvalue weighted by Gasteiger charge is -2.41. The lowest BCUT2D eigenvalue weighted by atomic mass is 9.79. The summed E-state index contributed by atoms with van der Waals surface area (Å²) in [7, 11) is -3.29. The average Bonchev–Trinajstić information content (AvgIpc) is 1.97. The molecule has 0 bridgehead atoms. The van der Waals surface area contributed by atoms with Crippen LogP contribution in [0.4, 0.5) is 0 Å². The zero-order valence-electron chi connectivity index (χ0n) is 8.78. The van der Waals surface area contributed by atoms with Gasteiger partial charge in [-0.1, -0.05) is 13.3 Å². The van der Waals surface area contributed by atoms with Gasteiger partial charge in [0.1, 0.15) is 0 Å². The van der Waals surface area contributed by atoms with Crippen LogP contribution in [0.1, 0.15) is 26.2 Å². The minimum Gasteiger partial charge on any atom is -0.380 e. The highest BCUT2D eigenvalue weighted by Crippen LogP contribution is 2.36. The normalized spacial score (nSPS) is 20.4. The van der Waals surface area contributed by atoms with Crippen molar-refractivity contribution in [2.75, 3.05) is 26.1 Å². The molecule has 0 amide bonds. The van der Waals surface area contributed by atoms with Crippen molar-refractivity contribution in [2.24, 2.45) is 5.41 Å². The number of hydrogen-bond donors (Lipinski definition) is 0. The minimum atomic E-state index is -3.29. The summed E-state index contributed by atoms with van der Waals surface area (Å²) >= 11 is 0. The second-order valence-corrected chi connectivity index (χ2v) is 5.66. The van der Waals surface area contributed by atoms with E-state index in [0.717, 1.165) is 38.7 Å². The van der Waals surface area contributed by atoms with Crippen molar-refractivity contribution < 1.29 is 17.3 Å². The van der Waals surface area contributed by atoms with Gasteiger partial charge in [-0.25, -0.2) is 0 Å². The predicted molar refractivity (Wildman–Crippen MR) is 53.6 cm³/mol. The molecule has 0 saturated carbocycles. The molecule has 0 radical (unpaired) electrons. The fourth-order valence-corrected chi connectivity index (χ4v) is 2.13. The van der Waals surface area contributed by atoms with Crippen molar-refractivity contribution in [3.63, 3.8) is 0 Å². The van der Waals surface area contributed by atoms with Crippen LogP contribution in [0.3, 0.4) is 0 Å². The van der Waals surface area contributed by atoms with E-state index in [2.05, 4.69) is 6.92 Å². The first kappa shape index (κ1) is 11.9. The third-order valence-corrected chi connectivity index (χ3v) is 3.12. The van der Waals surface area contributed by atoms with Crippen molar-refractivity contribution in [2.45, 2.75) is 26.2 Å². The molecule has 0 aromatic carbocycles. The van der Waals surface area contributed by atoms with Gasteiger partial charge in [0.2, 0.25) is 0 Å². The fourth-order valence-electron chi connectivity index (χ4n) is 1.74. The highest BCUT2D eigenvalue weighted by molar-refractivity contribution is 7.85. The highest BCUT2D eigenvalue weighted by atomic mass is 32.2. The molecule has 4 nitrogen and oxygen atoms in total. The Morgan fingerprint density at radius 3 is 2.36 bits per heavy atom. The Hall–Kier alpha value is -0.130. The molecule has 1 heterocycles. The summed E-state index contributed by atoms with van der Waals surface area (Å²) in [4.78, 5) is 0. The lowest BCUT2D eigenvalue weighted by Crippen LogP contribution is -2.43. The SMILES string of the molecule is CCCC1(CCOS(C)(=O)=O)COC1. The van der Waals surface area contributed by atoms with Crippen molar-refractivity contribution in [3.8, 4) is 0 Å². The number of rotatable bonds is 6. The van der Waals surface area contributed by atoms with E-state index in [1.807, 2.05) is 0 Å². The molecule has 0 aliphatic carbocycles. The van der Waals surface area contributed by atoms with Gasteiger partial charge in [0.15, 0.2) is 0 Å². The molecular weight excluding hydrogens is 204 g/mol. The molecule has 0 spiro atoms. The van der Waals surface area contributed by atoms with Crippen LogP contribution in [0.5, 0.6) is 0 Å². The summed E-state index contributed by atoms with van der Waals surface area (Å²) in [5, 5.41) is 0. The van der Waals surface area contributed by atoms with Crippen molar-refractivity contribution in [1.29, 1.82) is 0 Å². The van der Waals surface area contributed by atoms with Gasteiger partial charge in [0, 0.05) is 5.41 Å². The largest absolute Gasteiger partial charge is 0.380 e. The Labute approximate surface area is 85.7 Å². The van der Waals surface area contributed by atoms with Gasteiger partial charge in [-0.15, -0.1) is 0 Å². The topological polar surface area (TPSA) is 52.6 Å². The van der Waals surface area contributed by atoms with Gasteiger partial charge in [0.05, 0.1) is 26.1 Å². The molecule has 0 unspecified atom stereocenters. The molecule has 14 heavy (non-hydrogen) atoms. The van der Waals surface area contributed by atoms with Crippen LogP contribution < -0.4 is 0 Å². The van der Waals surface area contributed by atoms with Crippen molar-refractivity contribution >= 4 is 10.1 Å². The zero-order chi connectivity index (χ0) is 10.7. The highest BCUT2D eigenvalue weighted by Gasteiger charge is 2.37. The van der Waals surface area contributed by atoms with Crippen LogP contribution >= 0.6 is 0 Å². The molecule has 0 atom stereocenters. The van der Waals surface area contributed by atoms with Gasteiger partial charge in [0.25, 0.3) is 10.1 Å². The summed E-state index contributed by atoms with van der Waals surface area (Å²) in [6, 6.07) is 0. The summed E-state index contributed by atoms with van der Waals surface area (Å²) in [5.74, 6) is 0. The lowest BCUT2D eigenvalue weighted by molar-refractivity contribution is -0.125. The smallest absolute Gasteiger partial charge is 0.264 e. The molecule has 0 aromatic rings. The van der Waals surface area contributed by atoms with E-state index >= 15 is 0 Å². The molecule has 0 N–H and O–H groups in total. The summed E-state index contributed by atoms with van der Waals surface area (Å²) in [6.07, 6.45) is 4.03. The second-order valence-electron chi connectivity index (χ2n) is 4.02. The molecule has 1 saturated heterocycles. The fraction of sp³-hybridized carbons (Fsp3) is 1.00. The monoisotopic (exact) mass is 222 g/mol. The van der Waals surface area contributed by atoms with E-state index < -0.39 is 10.1 Å². The summed E-state index contributed by atoms with van der Waals surface area (Å²) in [5.41, 5.74) is 0.180. The minimum absolute atomic E-state index is 0.180. The first-order valence-electron chi connectivity index (χ1n) is 4.90. The Kier molecular flexibility index (Phi) is 3.92. The Morgan fingerprint density at radius 2 is 2.00 bits per heavy atom. The van der Waals surface area contributed by atoms with Gasteiger partial charge >= 0.3 is 0 Å². The van der Waals surface area contributed by atoms with Gasteiger partial charge in [-0.05, 0) is 12.8 Å². The molecule has 1 aliphatic rings. The molecule has 1 fully saturated rings. The van der Waals surface area contributed by atoms with E-state index in [9.17, 15) is 8.42 Å². The van der Waals surface area contributed by atoms with Crippen LogP contribution in [0.15, 0.2) is 0 Å². The zero-order valence-corrected chi connectivity index (χ0v) is 9.60. The maximum Gasteiger partial charge on any atom is 0.264 e. The van der Waals surface area contributed by atoms with Crippen LogP contribution in [-0.2, 0) is 19.0 Å². The van der Waals surface area contributed by atoms with Gasteiger partial charge < -0.3 is 4.74 Å².